The summed E-state index contributed by atoms with van der Waals surface area (Å²) in [5.74, 6) is 0.919. The Morgan fingerprint density at radius 3 is 2.83 bits per heavy atom. The third kappa shape index (κ3) is 7.01. The third-order valence-corrected chi connectivity index (χ3v) is 5.10. The second kappa shape index (κ2) is 11.7. The van der Waals surface area contributed by atoms with Gasteiger partial charge in [0.25, 0.3) is 0 Å². The van der Waals surface area contributed by atoms with E-state index in [4.69, 9.17) is 5.73 Å². The number of carbonyl (C=O) groups excluding carboxylic acids is 1. The molecule has 0 aromatic heterocycles. The van der Waals surface area contributed by atoms with Gasteiger partial charge in [-0.15, -0.1) is 12.4 Å². The second-order valence-electron chi connectivity index (χ2n) is 6.24. The van der Waals surface area contributed by atoms with Gasteiger partial charge in [-0.3, -0.25) is 9.69 Å². The lowest BCUT2D eigenvalue weighted by Crippen LogP contribution is -2.49. The Morgan fingerprint density at radius 1 is 1.38 bits per heavy atom. The van der Waals surface area contributed by atoms with Gasteiger partial charge < -0.3 is 11.1 Å². The molecule has 1 unspecified atom stereocenters. The molecular formula is C18H30ClN3OS. The van der Waals surface area contributed by atoms with Crippen LogP contribution in [0.5, 0.6) is 0 Å². The van der Waals surface area contributed by atoms with Crippen LogP contribution in [-0.2, 0) is 11.3 Å². The van der Waals surface area contributed by atoms with E-state index in [-0.39, 0.29) is 24.4 Å². The topological polar surface area (TPSA) is 58.4 Å². The highest BCUT2D eigenvalue weighted by molar-refractivity contribution is 7.98. The number of nitrogens with one attached hydrogen (secondary N) is 1. The average molecular weight is 372 g/mol. The van der Waals surface area contributed by atoms with Crippen molar-refractivity contribution in [1.29, 1.82) is 0 Å². The van der Waals surface area contributed by atoms with Crippen LogP contribution in [0.25, 0.3) is 0 Å². The van der Waals surface area contributed by atoms with E-state index in [2.05, 4.69) is 34.5 Å². The van der Waals surface area contributed by atoms with Crippen molar-refractivity contribution in [2.45, 2.75) is 44.3 Å². The van der Waals surface area contributed by atoms with Crippen LogP contribution < -0.4 is 11.1 Å². The molecule has 24 heavy (non-hydrogen) atoms. The first kappa shape index (κ1) is 21.3. The van der Waals surface area contributed by atoms with Gasteiger partial charge in [0.15, 0.2) is 0 Å². The molecule has 2 atom stereocenters. The standard InChI is InChI=1S/C18H29N3OS.ClH/c1-23-12-10-17(19)18(22)20-13-16-9-5-6-11-21(16)14-15-7-3-2-4-8-15;/h2-4,7-8,16-17H,5-6,9-14,19H2,1H3,(H,20,22);1H/t16?,17-;/m0./s1. The van der Waals surface area contributed by atoms with Gasteiger partial charge in [0.1, 0.15) is 0 Å². The van der Waals surface area contributed by atoms with Crippen LogP contribution in [0, 0.1) is 0 Å². The number of thioether (sulfide) groups is 1. The van der Waals surface area contributed by atoms with Gasteiger partial charge in [-0.1, -0.05) is 36.8 Å². The Labute approximate surface area is 156 Å². The molecule has 0 bridgehead atoms. The zero-order valence-corrected chi connectivity index (χ0v) is 16.1. The summed E-state index contributed by atoms with van der Waals surface area (Å²) in [4.78, 5) is 14.6. The van der Waals surface area contributed by atoms with Gasteiger partial charge in [0.2, 0.25) is 5.91 Å². The summed E-state index contributed by atoms with van der Waals surface area (Å²) in [5, 5.41) is 3.06. The molecule has 1 aromatic rings. The van der Waals surface area contributed by atoms with Crippen LogP contribution in [0.2, 0.25) is 0 Å². The number of amides is 1. The molecule has 1 amide bonds. The highest BCUT2D eigenvalue weighted by Gasteiger charge is 2.23. The Hall–Kier alpha value is -0.750. The molecule has 1 aliphatic rings. The van der Waals surface area contributed by atoms with E-state index in [9.17, 15) is 4.79 Å². The van der Waals surface area contributed by atoms with Crippen LogP contribution in [0.1, 0.15) is 31.2 Å². The molecule has 3 N–H and O–H groups in total. The van der Waals surface area contributed by atoms with Crippen molar-refractivity contribution >= 4 is 30.1 Å². The summed E-state index contributed by atoms with van der Waals surface area (Å²) in [6, 6.07) is 10.6. The predicted octanol–water partition coefficient (Wildman–Crippen LogP) is 2.66. The second-order valence-corrected chi connectivity index (χ2v) is 7.22. The molecule has 4 nitrogen and oxygen atoms in total. The number of likely N-dealkylation sites (tertiary alicyclic amines) is 1. The molecule has 1 aromatic carbocycles. The fraction of sp³-hybridized carbons (Fsp3) is 0.611. The van der Waals surface area contributed by atoms with Gasteiger partial charge >= 0.3 is 0 Å². The third-order valence-electron chi connectivity index (χ3n) is 4.46. The molecule has 0 spiro atoms. The zero-order valence-electron chi connectivity index (χ0n) is 14.4. The number of hydrogen-bond acceptors (Lipinski definition) is 4. The molecule has 6 heteroatoms. The first-order valence-corrected chi connectivity index (χ1v) is 9.90. The first-order valence-electron chi connectivity index (χ1n) is 8.51. The predicted molar refractivity (Wildman–Crippen MR) is 106 cm³/mol. The molecular weight excluding hydrogens is 342 g/mol. The lowest BCUT2D eigenvalue weighted by molar-refractivity contribution is -0.122. The van der Waals surface area contributed by atoms with Gasteiger partial charge in [0, 0.05) is 19.1 Å². The maximum atomic E-state index is 12.1. The van der Waals surface area contributed by atoms with Crippen molar-refractivity contribution in [1.82, 2.24) is 10.2 Å². The van der Waals surface area contributed by atoms with Gasteiger partial charge in [0.05, 0.1) is 6.04 Å². The summed E-state index contributed by atoms with van der Waals surface area (Å²) in [7, 11) is 0. The molecule has 1 saturated heterocycles. The number of hydrogen-bond donors (Lipinski definition) is 2. The molecule has 0 saturated carbocycles. The van der Waals surface area contributed by atoms with Crippen molar-refractivity contribution in [2.75, 3.05) is 25.1 Å². The minimum Gasteiger partial charge on any atom is -0.353 e. The lowest BCUT2D eigenvalue weighted by Gasteiger charge is -2.36. The molecule has 136 valence electrons. The van der Waals surface area contributed by atoms with Crippen LogP contribution in [0.3, 0.4) is 0 Å². The van der Waals surface area contributed by atoms with Gasteiger partial charge in [-0.05, 0) is 43.4 Å². The molecule has 2 rings (SSSR count). The highest BCUT2D eigenvalue weighted by Crippen LogP contribution is 2.19. The number of rotatable bonds is 8. The number of carbonyl (C=O) groups is 1. The van der Waals surface area contributed by atoms with E-state index in [0.29, 0.717) is 12.6 Å². The minimum atomic E-state index is -0.381. The monoisotopic (exact) mass is 371 g/mol. The lowest BCUT2D eigenvalue weighted by atomic mass is 10.0. The quantitative estimate of drug-likeness (QED) is 0.737. The van der Waals surface area contributed by atoms with E-state index in [1.165, 1.54) is 18.4 Å². The molecule has 1 aliphatic heterocycles. The molecule has 1 heterocycles. The van der Waals surface area contributed by atoms with Gasteiger partial charge in [-0.2, -0.15) is 11.8 Å². The van der Waals surface area contributed by atoms with Crippen molar-refractivity contribution < 1.29 is 4.79 Å². The molecule has 0 aliphatic carbocycles. The Morgan fingerprint density at radius 2 is 2.12 bits per heavy atom. The van der Waals surface area contributed by atoms with E-state index in [1.807, 2.05) is 12.3 Å². The van der Waals surface area contributed by atoms with Crippen LogP contribution >= 0.6 is 24.2 Å². The summed E-state index contributed by atoms with van der Waals surface area (Å²) in [6.45, 7) is 2.77. The Kier molecular flexibility index (Phi) is 10.4. The van der Waals surface area contributed by atoms with Crippen molar-refractivity contribution in [3.8, 4) is 0 Å². The summed E-state index contributed by atoms with van der Waals surface area (Å²) in [6.07, 6.45) is 6.40. The van der Waals surface area contributed by atoms with Crippen molar-refractivity contribution in [2.24, 2.45) is 5.73 Å². The first-order chi connectivity index (χ1) is 11.2. The normalized spacial score (nSPS) is 19.3. The fourth-order valence-corrected chi connectivity index (χ4v) is 3.53. The van der Waals surface area contributed by atoms with Crippen LogP contribution in [-0.4, -0.2) is 48.0 Å². The fourth-order valence-electron chi connectivity index (χ4n) is 3.04. The smallest absolute Gasteiger partial charge is 0.237 e. The van der Waals surface area contributed by atoms with E-state index in [1.54, 1.807) is 11.8 Å². The number of halogens is 1. The number of benzene rings is 1. The summed E-state index contributed by atoms with van der Waals surface area (Å²) >= 11 is 1.73. The minimum absolute atomic E-state index is 0. The Bertz CT molecular complexity index is 475. The van der Waals surface area contributed by atoms with Crippen LogP contribution in [0.4, 0.5) is 0 Å². The van der Waals surface area contributed by atoms with Crippen LogP contribution in [0.15, 0.2) is 30.3 Å². The van der Waals surface area contributed by atoms with Crippen molar-refractivity contribution in [3.05, 3.63) is 35.9 Å². The number of nitrogens with zero attached hydrogens (tertiary/aromatic N) is 1. The van der Waals surface area contributed by atoms with E-state index < -0.39 is 0 Å². The number of nitrogens with two attached hydrogens (primary N) is 1. The Balaban J connectivity index is 0.00000288. The average Bonchev–Trinajstić information content (AvgIpc) is 2.59. The van der Waals surface area contributed by atoms with E-state index in [0.717, 1.165) is 31.7 Å². The summed E-state index contributed by atoms with van der Waals surface area (Å²) in [5.41, 5.74) is 7.27. The molecule has 1 fully saturated rings. The van der Waals surface area contributed by atoms with E-state index >= 15 is 0 Å². The zero-order chi connectivity index (χ0) is 16.5. The number of piperidine rings is 1. The summed E-state index contributed by atoms with van der Waals surface area (Å²) < 4.78 is 0. The largest absolute Gasteiger partial charge is 0.353 e. The van der Waals surface area contributed by atoms with Crippen molar-refractivity contribution in [3.63, 3.8) is 0 Å². The maximum absolute atomic E-state index is 12.1. The van der Waals surface area contributed by atoms with Gasteiger partial charge in [-0.25, -0.2) is 0 Å². The highest BCUT2D eigenvalue weighted by atomic mass is 35.5. The SMILES string of the molecule is CSCC[C@H](N)C(=O)NCC1CCCCN1Cc1ccccc1.Cl. The maximum Gasteiger partial charge on any atom is 0.237 e. The molecule has 0 radical (unpaired) electrons.